The van der Waals surface area contributed by atoms with E-state index >= 15 is 0 Å². The van der Waals surface area contributed by atoms with Gasteiger partial charge in [0.25, 0.3) is 0 Å². The number of hydrogen-bond acceptors (Lipinski definition) is 2. The van der Waals surface area contributed by atoms with Crippen molar-refractivity contribution in [2.45, 2.75) is 27.2 Å². The molecule has 19 heavy (non-hydrogen) atoms. The van der Waals surface area contributed by atoms with Crippen molar-refractivity contribution in [2.24, 2.45) is 0 Å². The summed E-state index contributed by atoms with van der Waals surface area (Å²) in [7, 11) is 0. The van der Waals surface area contributed by atoms with Crippen molar-refractivity contribution < 1.29 is 4.74 Å². The van der Waals surface area contributed by atoms with E-state index < -0.39 is 0 Å². The molecule has 0 aliphatic heterocycles. The van der Waals surface area contributed by atoms with Crippen LogP contribution in [-0.2, 0) is 6.42 Å². The summed E-state index contributed by atoms with van der Waals surface area (Å²) >= 11 is 6.30. The van der Waals surface area contributed by atoms with Crippen LogP contribution in [0, 0.1) is 13.8 Å². The van der Waals surface area contributed by atoms with Crippen LogP contribution >= 0.6 is 11.6 Å². The summed E-state index contributed by atoms with van der Waals surface area (Å²) in [4.78, 5) is 4.35. The lowest BCUT2D eigenvalue weighted by Gasteiger charge is -2.14. The van der Waals surface area contributed by atoms with Gasteiger partial charge in [-0.1, -0.05) is 23.7 Å². The molecule has 0 saturated heterocycles. The summed E-state index contributed by atoms with van der Waals surface area (Å²) < 4.78 is 5.69. The van der Waals surface area contributed by atoms with E-state index in [4.69, 9.17) is 16.3 Å². The van der Waals surface area contributed by atoms with E-state index in [-0.39, 0.29) is 0 Å². The predicted molar refractivity (Wildman–Crippen MR) is 79.1 cm³/mol. The van der Waals surface area contributed by atoms with Gasteiger partial charge in [-0.2, -0.15) is 0 Å². The van der Waals surface area contributed by atoms with Crippen LogP contribution in [0.1, 0.15) is 29.3 Å². The monoisotopic (exact) mass is 275 g/mol. The lowest BCUT2D eigenvalue weighted by atomic mass is 9.99. The minimum atomic E-state index is 0.651. The molecule has 100 valence electrons. The number of rotatable bonds is 4. The Kier molecular flexibility index (Phi) is 4.43. The molecule has 0 saturated carbocycles. The van der Waals surface area contributed by atoms with Gasteiger partial charge in [-0.05, 0) is 44.0 Å². The molecule has 1 aromatic carbocycles. The van der Waals surface area contributed by atoms with Crippen molar-refractivity contribution in [3.05, 3.63) is 57.9 Å². The average Bonchev–Trinajstić information content (AvgIpc) is 2.37. The highest BCUT2D eigenvalue weighted by Crippen LogP contribution is 2.28. The van der Waals surface area contributed by atoms with Crippen LogP contribution in [-0.4, -0.2) is 11.6 Å². The molecule has 0 bridgehead atoms. The van der Waals surface area contributed by atoms with Gasteiger partial charge >= 0.3 is 0 Å². The van der Waals surface area contributed by atoms with Crippen LogP contribution in [0.5, 0.6) is 5.75 Å². The lowest BCUT2D eigenvalue weighted by molar-refractivity contribution is 0.336. The quantitative estimate of drug-likeness (QED) is 0.828. The van der Waals surface area contributed by atoms with Crippen LogP contribution < -0.4 is 4.74 Å². The zero-order valence-electron chi connectivity index (χ0n) is 11.5. The van der Waals surface area contributed by atoms with Gasteiger partial charge in [-0.15, -0.1) is 0 Å². The Labute approximate surface area is 119 Å². The van der Waals surface area contributed by atoms with Crippen LogP contribution in [0.25, 0.3) is 0 Å². The molecule has 0 amide bonds. The molecular formula is C16H18ClNO. The molecule has 2 aromatic rings. The topological polar surface area (TPSA) is 22.1 Å². The fraction of sp³-hybridized carbons (Fsp3) is 0.312. The first-order valence-corrected chi connectivity index (χ1v) is 6.82. The SMILES string of the molecule is CCOc1ccnc(C)c1Cc1c(C)cccc1Cl. The fourth-order valence-corrected chi connectivity index (χ4v) is 2.44. The van der Waals surface area contributed by atoms with Crippen molar-refractivity contribution in [3.63, 3.8) is 0 Å². The molecule has 3 heteroatoms. The molecular weight excluding hydrogens is 258 g/mol. The number of benzene rings is 1. The van der Waals surface area contributed by atoms with E-state index in [2.05, 4.69) is 18.0 Å². The number of ether oxygens (including phenoxy) is 1. The lowest BCUT2D eigenvalue weighted by Crippen LogP contribution is -2.03. The minimum Gasteiger partial charge on any atom is -0.493 e. The van der Waals surface area contributed by atoms with E-state index in [1.165, 1.54) is 5.56 Å². The molecule has 2 nitrogen and oxygen atoms in total. The Balaban J connectivity index is 2.43. The van der Waals surface area contributed by atoms with Crippen LogP contribution in [0.3, 0.4) is 0 Å². The minimum absolute atomic E-state index is 0.651. The van der Waals surface area contributed by atoms with Crippen molar-refractivity contribution in [2.75, 3.05) is 6.61 Å². The van der Waals surface area contributed by atoms with Gasteiger partial charge in [-0.25, -0.2) is 0 Å². The van der Waals surface area contributed by atoms with E-state index in [0.717, 1.165) is 34.0 Å². The second-order valence-electron chi connectivity index (χ2n) is 4.52. The second-order valence-corrected chi connectivity index (χ2v) is 4.93. The first-order chi connectivity index (χ1) is 9.13. The normalized spacial score (nSPS) is 10.5. The summed E-state index contributed by atoms with van der Waals surface area (Å²) in [5, 5.41) is 0.797. The van der Waals surface area contributed by atoms with Crippen molar-refractivity contribution in [3.8, 4) is 5.75 Å². The maximum absolute atomic E-state index is 6.30. The van der Waals surface area contributed by atoms with Crippen LogP contribution in [0.4, 0.5) is 0 Å². The summed E-state index contributed by atoms with van der Waals surface area (Å²) in [6, 6.07) is 7.89. The Morgan fingerprint density at radius 3 is 2.63 bits per heavy atom. The number of pyridine rings is 1. The number of halogens is 1. The van der Waals surface area contributed by atoms with Crippen LogP contribution in [0.15, 0.2) is 30.5 Å². The summed E-state index contributed by atoms with van der Waals surface area (Å²) in [6.07, 6.45) is 2.53. The highest BCUT2D eigenvalue weighted by molar-refractivity contribution is 6.31. The molecule has 2 rings (SSSR count). The number of hydrogen-bond donors (Lipinski definition) is 0. The number of aromatic nitrogens is 1. The summed E-state index contributed by atoms with van der Waals surface area (Å²) in [5.74, 6) is 0.898. The van der Waals surface area contributed by atoms with Gasteiger partial charge in [-0.3, -0.25) is 4.98 Å². The molecule has 0 unspecified atom stereocenters. The zero-order valence-corrected chi connectivity index (χ0v) is 12.3. The van der Waals surface area contributed by atoms with Crippen LogP contribution in [0.2, 0.25) is 5.02 Å². The molecule has 0 N–H and O–H groups in total. The van der Waals surface area contributed by atoms with E-state index in [1.807, 2.05) is 32.0 Å². The number of nitrogens with zero attached hydrogens (tertiary/aromatic N) is 1. The van der Waals surface area contributed by atoms with E-state index in [0.29, 0.717) is 6.61 Å². The highest BCUT2D eigenvalue weighted by Gasteiger charge is 2.12. The third kappa shape index (κ3) is 3.07. The molecule has 0 aliphatic carbocycles. The van der Waals surface area contributed by atoms with Gasteiger partial charge in [0.1, 0.15) is 5.75 Å². The van der Waals surface area contributed by atoms with Crippen molar-refractivity contribution in [1.82, 2.24) is 4.98 Å². The molecule has 1 heterocycles. The van der Waals surface area contributed by atoms with E-state index in [1.54, 1.807) is 6.20 Å². The Morgan fingerprint density at radius 1 is 1.16 bits per heavy atom. The molecule has 0 spiro atoms. The highest BCUT2D eigenvalue weighted by atomic mass is 35.5. The Hall–Kier alpha value is -1.54. The van der Waals surface area contributed by atoms with Gasteiger partial charge in [0.2, 0.25) is 0 Å². The predicted octanol–water partition coefficient (Wildman–Crippen LogP) is 4.34. The summed E-state index contributed by atoms with van der Waals surface area (Å²) in [5.41, 5.74) is 4.44. The van der Waals surface area contributed by atoms with Crippen molar-refractivity contribution in [1.29, 1.82) is 0 Å². The number of aryl methyl sites for hydroxylation is 2. The first kappa shape index (κ1) is 13.9. The average molecular weight is 276 g/mol. The maximum atomic E-state index is 6.30. The molecule has 1 aromatic heterocycles. The molecule has 0 atom stereocenters. The smallest absolute Gasteiger partial charge is 0.126 e. The van der Waals surface area contributed by atoms with E-state index in [9.17, 15) is 0 Å². The molecule has 0 radical (unpaired) electrons. The molecule has 0 fully saturated rings. The van der Waals surface area contributed by atoms with Gasteiger partial charge in [0.05, 0.1) is 6.61 Å². The standard InChI is InChI=1S/C16H18ClNO/c1-4-19-16-8-9-18-12(3)14(16)10-13-11(2)6-5-7-15(13)17/h5-9H,4,10H2,1-3H3. The zero-order chi connectivity index (χ0) is 13.8. The third-order valence-corrected chi connectivity index (χ3v) is 3.59. The van der Waals surface area contributed by atoms with Gasteiger partial charge in [0, 0.05) is 28.9 Å². The second kappa shape index (κ2) is 6.07. The Bertz CT molecular complexity index is 561. The summed E-state index contributed by atoms with van der Waals surface area (Å²) in [6.45, 7) is 6.72. The van der Waals surface area contributed by atoms with Gasteiger partial charge < -0.3 is 4.74 Å². The third-order valence-electron chi connectivity index (χ3n) is 3.23. The van der Waals surface area contributed by atoms with Gasteiger partial charge in [0.15, 0.2) is 0 Å². The Morgan fingerprint density at radius 2 is 1.95 bits per heavy atom. The van der Waals surface area contributed by atoms with Crippen molar-refractivity contribution >= 4 is 11.6 Å². The maximum Gasteiger partial charge on any atom is 0.126 e. The largest absolute Gasteiger partial charge is 0.493 e. The first-order valence-electron chi connectivity index (χ1n) is 6.44. The molecule has 0 aliphatic rings. The fourth-order valence-electron chi connectivity index (χ4n) is 2.15.